The zero-order valence-electron chi connectivity index (χ0n) is 6.39. The number of nitrogens with two attached hydrogens (primary N) is 3. The van der Waals surface area contributed by atoms with Crippen molar-refractivity contribution in [3.63, 3.8) is 0 Å². The van der Waals surface area contributed by atoms with Crippen molar-refractivity contribution in [1.82, 2.24) is 4.98 Å². The van der Waals surface area contributed by atoms with Crippen molar-refractivity contribution in [3.8, 4) is 0 Å². The first-order valence-electron chi connectivity index (χ1n) is 3.55. The normalized spacial score (nSPS) is 15.3. The van der Waals surface area contributed by atoms with Crippen LogP contribution in [0.4, 0.5) is 11.6 Å². The fourth-order valence-corrected chi connectivity index (χ4v) is 1.47. The highest BCUT2D eigenvalue weighted by molar-refractivity contribution is 5.82. The topological polar surface area (TPSA) is 114 Å². The Labute approximate surface area is 68.9 Å². The Kier molecular flexibility index (Phi) is 1.08. The van der Waals surface area contributed by atoms with Crippen LogP contribution in [0, 0.1) is 0 Å². The Morgan fingerprint density at radius 2 is 1.83 bits per heavy atom. The molecule has 0 fully saturated rings. The van der Waals surface area contributed by atoms with E-state index in [9.17, 15) is 5.11 Å². The number of nitrogen functional groups attached to an aromatic ring is 2. The van der Waals surface area contributed by atoms with E-state index in [1.807, 2.05) is 0 Å². The number of rotatable bonds is 0. The first kappa shape index (κ1) is 6.90. The van der Waals surface area contributed by atoms with Crippen LogP contribution in [0.3, 0.4) is 0 Å². The highest BCUT2D eigenvalue weighted by atomic mass is 16.3. The summed E-state index contributed by atoms with van der Waals surface area (Å²) in [5, 5.41) is 9.44. The minimum absolute atomic E-state index is 0.0513. The zero-order valence-corrected chi connectivity index (χ0v) is 6.39. The van der Waals surface area contributed by atoms with Crippen LogP contribution in [0.15, 0.2) is 5.70 Å². The van der Waals surface area contributed by atoms with Crippen molar-refractivity contribution >= 4 is 17.4 Å². The van der Waals surface area contributed by atoms with Crippen LogP contribution in [-0.4, -0.2) is 10.1 Å². The SMILES string of the molecule is NC1=C(O)c2c(N)[nH]c(N)c2C1. The van der Waals surface area contributed by atoms with E-state index in [2.05, 4.69) is 4.98 Å². The summed E-state index contributed by atoms with van der Waals surface area (Å²) in [6.07, 6.45) is 0.473. The minimum atomic E-state index is 0.0513. The van der Waals surface area contributed by atoms with E-state index in [1.165, 1.54) is 0 Å². The van der Waals surface area contributed by atoms with E-state index in [0.717, 1.165) is 5.56 Å². The van der Waals surface area contributed by atoms with Gasteiger partial charge in [-0.1, -0.05) is 0 Å². The summed E-state index contributed by atoms with van der Waals surface area (Å²) >= 11 is 0. The minimum Gasteiger partial charge on any atom is -0.505 e. The molecule has 5 nitrogen and oxygen atoms in total. The van der Waals surface area contributed by atoms with Crippen molar-refractivity contribution < 1.29 is 5.11 Å². The molecule has 0 amide bonds. The van der Waals surface area contributed by atoms with Gasteiger partial charge in [-0.25, -0.2) is 0 Å². The molecule has 0 aromatic carbocycles. The van der Waals surface area contributed by atoms with Crippen LogP contribution >= 0.6 is 0 Å². The van der Waals surface area contributed by atoms with Gasteiger partial charge in [-0.15, -0.1) is 0 Å². The third kappa shape index (κ3) is 0.623. The molecule has 1 aliphatic rings. The quantitative estimate of drug-likeness (QED) is 0.371. The summed E-state index contributed by atoms with van der Waals surface area (Å²) in [4.78, 5) is 2.73. The van der Waals surface area contributed by atoms with Gasteiger partial charge in [0.2, 0.25) is 0 Å². The van der Waals surface area contributed by atoms with Crippen molar-refractivity contribution in [1.29, 1.82) is 0 Å². The Balaban J connectivity index is 2.68. The van der Waals surface area contributed by atoms with Gasteiger partial charge in [0.15, 0.2) is 0 Å². The maximum absolute atomic E-state index is 9.44. The predicted molar refractivity (Wildman–Crippen MR) is 47.1 cm³/mol. The van der Waals surface area contributed by atoms with Crippen LogP contribution < -0.4 is 17.2 Å². The van der Waals surface area contributed by atoms with Crippen LogP contribution in [-0.2, 0) is 6.42 Å². The van der Waals surface area contributed by atoms with Crippen molar-refractivity contribution in [2.45, 2.75) is 6.42 Å². The molecule has 0 atom stereocenters. The van der Waals surface area contributed by atoms with Crippen LogP contribution in [0.25, 0.3) is 5.76 Å². The van der Waals surface area contributed by atoms with Gasteiger partial charge in [0.25, 0.3) is 0 Å². The number of allylic oxidation sites excluding steroid dienone is 1. The standard InChI is InChI=1S/C7H10N4O/c8-3-1-2-4(5(3)12)7(10)11-6(2)9/h11-12H,1,8-10H2. The van der Waals surface area contributed by atoms with Crippen LogP contribution in [0.5, 0.6) is 0 Å². The van der Waals surface area contributed by atoms with Gasteiger partial charge in [0.05, 0.1) is 11.3 Å². The average molecular weight is 166 g/mol. The summed E-state index contributed by atoms with van der Waals surface area (Å²) < 4.78 is 0. The number of hydrogen-bond acceptors (Lipinski definition) is 4. The summed E-state index contributed by atoms with van der Waals surface area (Å²) in [5.41, 5.74) is 18.4. The second-order valence-corrected chi connectivity index (χ2v) is 2.86. The smallest absolute Gasteiger partial charge is 0.145 e. The fraction of sp³-hybridized carbons (Fsp3) is 0.143. The van der Waals surface area contributed by atoms with Gasteiger partial charge >= 0.3 is 0 Å². The largest absolute Gasteiger partial charge is 0.505 e. The number of aliphatic hydroxyl groups excluding tert-OH is 1. The number of nitrogens with one attached hydrogen (secondary N) is 1. The summed E-state index contributed by atoms with van der Waals surface area (Å²) in [5.74, 6) is 0.908. The lowest BCUT2D eigenvalue weighted by atomic mass is 10.2. The molecule has 1 aromatic rings. The zero-order chi connectivity index (χ0) is 8.88. The first-order valence-corrected chi connectivity index (χ1v) is 3.55. The van der Waals surface area contributed by atoms with Gasteiger partial charge in [-0.3, -0.25) is 0 Å². The van der Waals surface area contributed by atoms with E-state index >= 15 is 0 Å². The number of anilines is 2. The molecule has 1 aliphatic carbocycles. The number of H-pyrrole nitrogens is 1. The van der Waals surface area contributed by atoms with Crippen LogP contribution in [0.2, 0.25) is 0 Å². The maximum Gasteiger partial charge on any atom is 0.145 e. The molecule has 0 aliphatic heterocycles. The summed E-state index contributed by atoms with van der Waals surface area (Å²) in [6.45, 7) is 0. The second-order valence-electron chi connectivity index (χ2n) is 2.86. The number of fused-ring (bicyclic) bond motifs is 1. The van der Waals surface area contributed by atoms with Gasteiger partial charge < -0.3 is 27.3 Å². The van der Waals surface area contributed by atoms with Gasteiger partial charge in [-0.2, -0.15) is 0 Å². The predicted octanol–water partition coefficient (Wildman–Crippen LogP) is -0.0795. The first-order chi connectivity index (χ1) is 5.61. The monoisotopic (exact) mass is 166 g/mol. The highest BCUT2D eigenvalue weighted by Gasteiger charge is 2.25. The number of hydrogen-bond donors (Lipinski definition) is 5. The van der Waals surface area contributed by atoms with E-state index < -0.39 is 0 Å². The van der Waals surface area contributed by atoms with Crippen molar-refractivity contribution in [2.75, 3.05) is 11.5 Å². The third-order valence-electron chi connectivity index (χ3n) is 2.07. The molecular weight excluding hydrogens is 156 g/mol. The summed E-state index contributed by atoms with van der Waals surface area (Å²) in [7, 11) is 0. The van der Waals surface area contributed by atoms with Gasteiger partial charge in [-0.05, 0) is 0 Å². The third-order valence-corrected chi connectivity index (χ3v) is 2.07. The molecule has 0 saturated carbocycles. The van der Waals surface area contributed by atoms with E-state index in [1.54, 1.807) is 0 Å². The lowest BCUT2D eigenvalue weighted by Crippen LogP contribution is -2.00. The molecular formula is C7H10N4O. The lowest BCUT2D eigenvalue weighted by Gasteiger charge is -1.95. The fourth-order valence-electron chi connectivity index (χ4n) is 1.47. The Morgan fingerprint density at radius 3 is 2.42 bits per heavy atom. The highest BCUT2D eigenvalue weighted by Crippen LogP contribution is 2.36. The Morgan fingerprint density at radius 1 is 1.17 bits per heavy atom. The molecule has 2 rings (SSSR count). The molecule has 0 spiro atoms. The number of aromatic nitrogens is 1. The van der Waals surface area contributed by atoms with Crippen LogP contribution in [0.1, 0.15) is 11.1 Å². The molecule has 1 heterocycles. The number of aromatic amines is 1. The molecule has 5 heteroatoms. The van der Waals surface area contributed by atoms with Gasteiger partial charge in [0.1, 0.15) is 17.4 Å². The van der Waals surface area contributed by atoms with E-state index in [0.29, 0.717) is 29.3 Å². The molecule has 8 N–H and O–H groups in total. The summed E-state index contributed by atoms with van der Waals surface area (Å²) in [6, 6.07) is 0. The van der Waals surface area contributed by atoms with Crippen molar-refractivity contribution in [3.05, 3.63) is 16.8 Å². The molecule has 0 bridgehead atoms. The lowest BCUT2D eigenvalue weighted by molar-refractivity contribution is 0.509. The van der Waals surface area contributed by atoms with Crippen molar-refractivity contribution in [2.24, 2.45) is 5.73 Å². The number of aliphatic hydroxyl groups is 1. The Bertz CT molecular complexity index is 377. The van der Waals surface area contributed by atoms with Gasteiger partial charge in [0, 0.05) is 12.0 Å². The molecule has 12 heavy (non-hydrogen) atoms. The Hall–Kier alpha value is -1.78. The molecule has 64 valence electrons. The molecule has 0 unspecified atom stereocenters. The molecule has 0 radical (unpaired) electrons. The van der Waals surface area contributed by atoms with E-state index in [4.69, 9.17) is 17.2 Å². The molecule has 0 saturated heterocycles. The second kappa shape index (κ2) is 1.88. The van der Waals surface area contributed by atoms with E-state index in [-0.39, 0.29) is 5.76 Å². The maximum atomic E-state index is 9.44. The average Bonchev–Trinajstić information content (AvgIpc) is 2.41. The molecule has 1 aromatic heterocycles.